The Labute approximate surface area is 607 Å². The summed E-state index contributed by atoms with van der Waals surface area (Å²) in [5.74, 6) is -8.19. The fourth-order valence-electron chi connectivity index (χ4n) is 13.7. The number of carbonyl (C=O) groups excluding carboxylic acids is 5. The summed E-state index contributed by atoms with van der Waals surface area (Å²) in [6.45, 7) is 5.27. The van der Waals surface area contributed by atoms with Gasteiger partial charge in [0.25, 0.3) is 0 Å². The van der Waals surface area contributed by atoms with Gasteiger partial charge in [-0.3, -0.25) is 14.4 Å². The average Bonchev–Trinajstić information content (AvgIpc) is 1.28. The van der Waals surface area contributed by atoms with Crippen molar-refractivity contribution < 1.29 is 128 Å². The minimum Gasteiger partial charge on any atom is -0.476 e. The van der Waals surface area contributed by atoms with Gasteiger partial charge in [-0.25, -0.2) is 9.59 Å². The fraction of sp³-hybridized carbons (Fsp3) is 0.427. The van der Waals surface area contributed by atoms with Crippen molar-refractivity contribution in [3.63, 3.8) is 0 Å². The third kappa shape index (κ3) is 18.4. The molecule has 13 atom stereocenters. The van der Waals surface area contributed by atoms with E-state index in [9.17, 15) is 90.5 Å². The number of aliphatic carboxylic acids is 1. The molecule has 0 saturated carbocycles. The zero-order chi connectivity index (χ0) is 77.5. The van der Waals surface area contributed by atoms with Crippen LogP contribution in [0.1, 0.15) is 95.0 Å². The van der Waals surface area contributed by atoms with E-state index in [1.807, 2.05) is 49.4 Å². The molecule has 1 spiro atoms. The van der Waals surface area contributed by atoms with Crippen LogP contribution in [-0.4, -0.2) is 159 Å². The summed E-state index contributed by atoms with van der Waals surface area (Å²) >= 11 is 6.42. The second-order valence-corrected chi connectivity index (χ2v) is 27.0. The first-order valence-corrected chi connectivity index (χ1v) is 33.8. The molecule has 6 aliphatic rings. The number of esters is 3. The fourth-order valence-corrected chi connectivity index (χ4v) is 14.2. The number of ether oxygens (including phenoxy) is 8. The largest absolute Gasteiger partial charge is 0.476 e. The minimum atomic E-state index is -4.48. The Morgan fingerprint density at radius 3 is 1.96 bits per heavy atom. The number of rotatable bonds is 22. The number of ketones is 2. The van der Waals surface area contributed by atoms with Crippen molar-refractivity contribution in [3.8, 4) is 39.7 Å². The number of benzene rings is 6. The molecule has 5 aromatic carbocycles. The van der Waals surface area contributed by atoms with Gasteiger partial charge in [-0.15, -0.1) is 0 Å². The molecule has 106 heavy (non-hydrogen) atoms. The van der Waals surface area contributed by atoms with Gasteiger partial charge >= 0.3 is 42.0 Å². The standard InChI is InChI=1S/C34H34F3NO11.C22H16F3NO3.C19H29ClO8/c1-17(40)10-21-25(41)13-32(31(44)45,49-30(21)29(43)26(42)14-39)48-20-7-9-24-28(12-20)47-27-11-19(38-16-33(35,36)37)6-8-23(27)34(24)22-5-3-2-4-18(22)15-46-34;23-22(24,25)12-26-14-5-7-17-19(9-14)29-20-10-15(28)6-8-18(20)21(17)16-4-2-1-3-13(16)11-27;1-10-8-19(20,18(24)25-6)28-17(15(10)7-11(2)21)12(3)16(27-14(5)23)9-26-13(4)22/h2-9,11-12,21,25-26,29-30,38-39,41-43H,10,13-16H2,1H3,(H,44,45);1-10,26-27H,11-12H2;10,12,15-17H,7-9H2,1-6H3/t21-,25+,26-,29-,30-,32-,34?;;10-,12+,15+,16+,17-,19+/m1.0/s1. The molecule has 0 aromatic heterocycles. The van der Waals surface area contributed by atoms with Crippen LogP contribution in [-0.2, 0) is 76.0 Å². The van der Waals surface area contributed by atoms with Gasteiger partial charge in [-0.2, -0.15) is 26.3 Å². The molecule has 11 rings (SSSR count). The first kappa shape index (κ1) is 80.8. The minimum absolute atomic E-state index is 0.0400. The van der Waals surface area contributed by atoms with Crippen LogP contribution >= 0.6 is 11.6 Å². The second-order valence-electron chi connectivity index (χ2n) is 26.4. The van der Waals surface area contributed by atoms with E-state index < -0.39 is 133 Å². The van der Waals surface area contributed by atoms with Gasteiger partial charge in [-0.1, -0.05) is 74.0 Å². The van der Waals surface area contributed by atoms with Crippen LogP contribution in [0.2, 0.25) is 0 Å². The molecule has 24 nitrogen and oxygen atoms in total. The Bertz CT molecular complexity index is 4400. The van der Waals surface area contributed by atoms with Crippen LogP contribution < -0.4 is 25.5 Å². The Morgan fingerprint density at radius 1 is 0.717 bits per heavy atom. The first-order valence-electron chi connectivity index (χ1n) is 33.4. The topological polar surface area (TPSA) is 352 Å². The highest BCUT2D eigenvalue weighted by Gasteiger charge is 2.58. The van der Waals surface area contributed by atoms with Crippen molar-refractivity contribution in [2.24, 2.45) is 23.7 Å². The van der Waals surface area contributed by atoms with Crippen LogP contribution in [0.15, 0.2) is 131 Å². The molecule has 0 bridgehead atoms. The summed E-state index contributed by atoms with van der Waals surface area (Å²) < 4.78 is 128. The monoisotopic (exact) mass is 1510 g/mol. The number of fused-ring (bicyclic) bond motifs is 8. The zero-order valence-electron chi connectivity index (χ0n) is 58.3. The summed E-state index contributed by atoms with van der Waals surface area (Å²) in [5, 5.41) is 65.2. The smallest absolute Gasteiger partial charge is 0.405 e. The molecule has 1 unspecified atom stereocenters. The predicted molar refractivity (Wildman–Crippen MR) is 367 cm³/mol. The van der Waals surface area contributed by atoms with E-state index in [1.165, 1.54) is 77.3 Å². The number of methoxy groups -OCH3 is 1. The molecule has 570 valence electrons. The SMILES string of the molecule is CC(=O)C[C@H]1[C@H]([C@H](O)[C@H](O)CO)O[C@@](Oc2ccc3c(c2)Oc2cc(NCC(F)(F)F)ccc2C32OCc3ccccc32)(C(=O)O)C[C@@H]1O.COC(=O)[C@@]1(Cl)C[C@H](C)[C@@H](CC(C)=O)[C@H]([C@H](C)[C@@H](COC(C)=O)OC(C)=O)O1.O=c1ccc2c(-c3ccccc3CO)c3ccc(NCC(F)(F)F)cc3oc-2c1. The molecule has 31 heteroatoms. The van der Waals surface area contributed by atoms with Gasteiger partial charge < -0.3 is 93.2 Å². The molecule has 2 saturated heterocycles. The number of carboxylic acid groups (broad SMARTS) is 1. The highest BCUT2D eigenvalue weighted by Crippen LogP contribution is 2.58. The van der Waals surface area contributed by atoms with Crippen molar-refractivity contribution in [1.29, 1.82) is 0 Å². The summed E-state index contributed by atoms with van der Waals surface area (Å²) in [6.07, 6.45) is -17.9. The Kier molecular flexibility index (Phi) is 25.4. The Morgan fingerprint density at radius 2 is 1.34 bits per heavy atom. The number of hydrogen-bond donors (Lipinski definition) is 8. The van der Waals surface area contributed by atoms with E-state index in [0.29, 0.717) is 39.0 Å². The Hall–Kier alpha value is -9.24. The lowest BCUT2D eigenvalue weighted by atomic mass is 9.74. The van der Waals surface area contributed by atoms with Crippen LogP contribution in [0.3, 0.4) is 0 Å². The predicted octanol–water partition coefficient (Wildman–Crippen LogP) is 10.5. The molecule has 5 heterocycles. The lowest BCUT2D eigenvalue weighted by Crippen LogP contribution is -2.63. The highest BCUT2D eigenvalue weighted by molar-refractivity contribution is 6.32. The molecular formula is C75H79ClF6N2O22. The second kappa shape index (κ2) is 33.3. The molecule has 8 N–H and O–H groups in total. The van der Waals surface area contributed by atoms with Crippen molar-refractivity contribution in [2.75, 3.05) is 44.0 Å². The maximum absolute atomic E-state index is 13.0. The van der Waals surface area contributed by atoms with Gasteiger partial charge in [-0.05, 0) is 96.5 Å². The number of aliphatic hydroxyl groups is 5. The average molecular weight is 1510 g/mol. The summed E-state index contributed by atoms with van der Waals surface area (Å²) in [6, 6.07) is 32.7. The van der Waals surface area contributed by atoms with Gasteiger partial charge in [0.2, 0.25) is 5.06 Å². The lowest BCUT2D eigenvalue weighted by Gasteiger charge is -2.46. The Balaban J connectivity index is 0.000000196. The van der Waals surface area contributed by atoms with E-state index in [-0.39, 0.29) is 90.8 Å². The van der Waals surface area contributed by atoms with Gasteiger partial charge in [0.15, 0.2) is 11.0 Å². The number of hydrogen-bond acceptors (Lipinski definition) is 23. The lowest BCUT2D eigenvalue weighted by molar-refractivity contribution is -0.293. The molecule has 5 aliphatic heterocycles. The van der Waals surface area contributed by atoms with E-state index in [4.69, 9.17) is 53.9 Å². The van der Waals surface area contributed by atoms with E-state index >= 15 is 0 Å². The highest BCUT2D eigenvalue weighted by atomic mass is 35.5. The summed E-state index contributed by atoms with van der Waals surface area (Å²) in [7, 11) is 1.21. The van der Waals surface area contributed by atoms with Crippen LogP contribution in [0.5, 0.6) is 17.2 Å². The number of halogens is 7. The van der Waals surface area contributed by atoms with E-state index in [0.717, 1.165) is 22.3 Å². The number of carboxylic acids is 1. The van der Waals surface area contributed by atoms with Crippen LogP contribution in [0.25, 0.3) is 33.4 Å². The van der Waals surface area contributed by atoms with E-state index in [1.54, 1.807) is 43.3 Å². The zero-order valence-corrected chi connectivity index (χ0v) is 59.0. The van der Waals surface area contributed by atoms with Crippen LogP contribution in [0.4, 0.5) is 37.7 Å². The number of nitrogens with one attached hydrogen (secondary N) is 2. The first-order chi connectivity index (χ1) is 49.9. The number of anilines is 2. The maximum Gasteiger partial charge on any atom is 0.405 e. The molecule has 1 aliphatic carbocycles. The molecular weight excluding hydrogens is 1430 g/mol. The van der Waals surface area contributed by atoms with Crippen molar-refractivity contribution >= 4 is 69.4 Å². The quantitative estimate of drug-likeness (QED) is 0.0103. The van der Waals surface area contributed by atoms with Crippen molar-refractivity contribution in [2.45, 2.75) is 146 Å². The molecule has 5 aromatic rings. The summed E-state index contributed by atoms with van der Waals surface area (Å²) in [5.41, 5.74) is 4.71. The van der Waals surface area contributed by atoms with Gasteiger partial charge in [0.05, 0.1) is 51.7 Å². The third-order valence-electron chi connectivity index (χ3n) is 18.6. The van der Waals surface area contributed by atoms with E-state index in [2.05, 4.69) is 10.6 Å². The van der Waals surface area contributed by atoms with Crippen molar-refractivity contribution in [3.05, 3.63) is 159 Å². The molecule has 2 fully saturated rings. The van der Waals surface area contributed by atoms with Crippen molar-refractivity contribution in [1.82, 2.24) is 0 Å². The van der Waals surface area contributed by atoms with Crippen LogP contribution in [0, 0.1) is 23.7 Å². The molecule has 0 amide bonds. The summed E-state index contributed by atoms with van der Waals surface area (Å²) in [4.78, 5) is 83.3. The maximum atomic E-state index is 13.0. The normalized spacial score (nSPS) is 23.4. The number of alkyl halides is 7. The third-order valence-corrected chi connectivity index (χ3v) is 19.0. The number of carbonyl (C=O) groups is 6. The van der Waals surface area contributed by atoms with Gasteiger partial charge in [0, 0.05) is 108 Å². The number of aliphatic hydroxyl groups excluding tert-OH is 5. The molecule has 0 radical (unpaired) electrons. The van der Waals surface area contributed by atoms with Gasteiger partial charge in [0.1, 0.15) is 78.2 Å². The number of Topliss-reactive ketones (excluding diaryl/α,β-unsaturated/α-hetero) is 2.